The Morgan fingerprint density at radius 2 is 2.27 bits per heavy atom. The number of ketones is 1. The molecule has 3 nitrogen and oxygen atoms in total. The second-order valence-corrected chi connectivity index (χ2v) is 2.57. The molecule has 0 saturated carbocycles. The quantitative estimate of drug-likeness (QED) is 0.567. The summed E-state index contributed by atoms with van der Waals surface area (Å²) >= 11 is 0. The van der Waals surface area contributed by atoms with E-state index in [2.05, 4.69) is 4.99 Å². The molecule has 0 fully saturated rings. The van der Waals surface area contributed by atoms with E-state index in [0.717, 1.165) is 0 Å². The molecule has 0 aromatic heterocycles. The van der Waals surface area contributed by atoms with Gasteiger partial charge in [-0.15, -0.1) is 0 Å². The van der Waals surface area contributed by atoms with Crippen LogP contribution in [0.2, 0.25) is 0 Å². The zero-order valence-corrected chi connectivity index (χ0v) is 6.92. The van der Waals surface area contributed by atoms with Gasteiger partial charge in [0.05, 0.1) is 18.6 Å². The molecule has 11 heavy (non-hydrogen) atoms. The van der Waals surface area contributed by atoms with Crippen LogP contribution in [0.4, 0.5) is 0 Å². The van der Waals surface area contributed by atoms with Gasteiger partial charge in [-0.05, 0) is 6.92 Å². The normalized spacial score (nSPS) is 24.3. The Kier molecular flexibility index (Phi) is 2.08. The van der Waals surface area contributed by atoms with Gasteiger partial charge < -0.3 is 4.74 Å². The summed E-state index contributed by atoms with van der Waals surface area (Å²) in [5, 5.41) is 0. The number of hydrogen-bond acceptors (Lipinski definition) is 3. The predicted octanol–water partition coefficient (Wildman–Crippen LogP) is 1.15. The summed E-state index contributed by atoms with van der Waals surface area (Å²) < 4.78 is 4.88. The summed E-state index contributed by atoms with van der Waals surface area (Å²) in [6.07, 6.45) is 1.61. The largest absolute Gasteiger partial charge is 0.481 e. The third-order valence-electron chi connectivity index (χ3n) is 1.71. The van der Waals surface area contributed by atoms with E-state index in [1.807, 2.05) is 6.92 Å². The molecular formula is C8H11NO2. The molecule has 0 spiro atoms. The van der Waals surface area contributed by atoms with Crippen molar-refractivity contribution in [2.75, 3.05) is 7.11 Å². The Morgan fingerprint density at radius 1 is 1.64 bits per heavy atom. The fraction of sp³-hybridized carbons (Fsp3) is 0.500. The van der Waals surface area contributed by atoms with Gasteiger partial charge in [-0.3, -0.25) is 4.79 Å². The number of aliphatic imine (C=N–C) groups is 1. The van der Waals surface area contributed by atoms with E-state index in [9.17, 15) is 4.79 Å². The molecule has 0 aliphatic carbocycles. The van der Waals surface area contributed by atoms with Crippen LogP contribution in [-0.4, -0.2) is 19.1 Å². The first-order chi connectivity index (χ1) is 5.16. The standard InChI is InChI=1S/C8H11NO2/c1-5-4-9-8(11-3)6(2)7(5)10/h4-5H,1-3H3. The number of carbonyl (C=O) groups is 1. The highest BCUT2D eigenvalue weighted by Gasteiger charge is 2.20. The average Bonchev–Trinajstić information content (AvgIpc) is 2.01. The molecule has 0 aromatic rings. The van der Waals surface area contributed by atoms with Gasteiger partial charge in [-0.2, -0.15) is 0 Å². The second kappa shape index (κ2) is 2.86. The lowest BCUT2D eigenvalue weighted by molar-refractivity contribution is -0.117. The van der Waals surface area contributed by atoms with E-state index >= 15 is 0 Å². The summed E-state index contributed by atoms with van der Waals surface area (Å²) in [7, 11) is 1.51. The molecule has 60 valence electrons. The van der Waals surface area contributed by atoms with Crippen LogP contribution in [0.15, 0.2) is 16.4 Å². The molecule has 3 heteroatoms. The molecule has 0 saturated heterocycles. The molecule has 0 radical (unpaired) electrons. The topological polar surface area (TPSA) is 38.7 Å². The third-order valence-corrected chi connectivity index (χ3v) is 1.71. The number of nitrogens with zero attached hydrogens (tertiary/aromatic N) is 1. The molecule has 1 unspecified atom stereocenters. The van der Waals surface area contributed by atoms with Gasteiger partial charge in [0.2, 0.25) is 5.88 Å². The zero-order valence-electron chi connectivity index (χ0n) is 6.92. The van der Waals surface area contributed by atoms with Gasteiger partial charge in [0.25, 0.3) is 0 Å². The zero-order chi connectivity index (χ0) is 8.43. The van der Waals surface area contributed by atoms with Gasteiger partial charge in [-0.25, -0.2) is 4.99 Å². The van der Waals surface area contributed by atoms with Crippen molar-refractivity contribution < 1.29 is 9.53 Å². The fourth-order valence-corrected chi connectivity index (χ4v) is 0.997. The maximum absolute atomic E-state index is 11.3. The highest BCUT2D eigenvalue weighted by molar-refractivity contribution is 6.07. The van der Waals surface area contributed by atoms with E-state index < -0.39 is 0 Å². The van der Waals surface area contributed by atoms with Crippen molar-refractivity contribution in [3.63, 3.8) is 0 Å². The number of rotatable bonds is 1. The van der Waals surface area contributed by atoms with Crippen LogP contribution in [0, 0.1) is 5.92 Å². The van der Waals surface area contributed by atoms with Crippen LogP contribution in [0.5, 0.6) is 0 Å². The number of allylic oxidation sites excluding steroid dienone is 1. The average molecular weight is 153 g/mol. The van der Waals surface area contributed by atoms with Gasteiger partial charge in [0.15, 0.2) is 5.78 Å². The Morgan fingerprint density at radius 3 is 2.82 bits per heavy atom. The van der Waals surface area contributed by atoms with Crippen LogP contribution in [-0.2, 0) is 9.53 Å². The van der Waals surface area contributed by atoms with E-state index in [1.165, 1.54) is 7.11 Å². The van der Waals surface area contributed by atoms with E-state index in [-0.39, 0.29) is 11.7 Å². The lowest BCUT2D eigenvalue weighted by Gasteiger charge is -2.13. The van der Waals surface area contributed by atoms with E-state index in [4.69, 9.17) is 4.74 Å². The molecule has 0 bridgehead atoms. The van der Waals surface area contributed by atoms with Crippen LogP contribution >= 0.6 is 0 Å². The van der Waals surface area contributed by atoms with Crippen molar-refractivity contribution in [2.24, 2.45) is 10.9 Å². The molecule has 1 heterocycles. The highest BCUT2D eigenvalue weighted by Crippen LogP contribution is 2.16. The minimum Gasteiger partial charge on any atom is -0.481 e. The SMILES string of the molecule is COC1=C(C)C(=O)C(C)C=N1. The lowest BCUT2D eigenvalue weighted by atomic mass is 10.00. The number of ether oxygens (including phenoxy) is 1. The Hall–Kier alpha value is -1.12. The van der Waals surface area contributed by atoms with E-state index in [1.54, 1.807) is 13.1 Å². The van der Waals surface area contributed by atoms with Crippen molar-refractivity contribution in [1.82, 2.24) is 0 Å². The Labute approximate surface area is 65.8 Å². The molecular weight excluding hydrogens is 142 g/mol. The van der Waals surface area contributed by atoms with Gasteiger partial charge in [0.1, 0.15) is 0 Å². The van der Waals surface area contributed by atoms with Crippen molar-refractivity contribution in [1.29, 1.82) is 0 Å². The Balaban J connectivity index is 2.97. The minimum atomic E-state index is -0.103. The molecule has 1 atom stereocenters. The number of Topliss-reactive ketones (excluding diaryl/α,β-unsaturated/α-hetero) is 1. The summed E-state index contributed by atoms with van der Waals surface area (Å²) in [4.78, 5) is 15.2. The first-order valence-electron chi connectivity index (χ1n) is 3.50. The van der Waals surface area contributed by atoms with Crippen molar-refractivity contribution in [3.05, 3.63) is 11.5 Å². The lowest BCUT2D eigenvalue weighted by Crippen LogP contribution is -2.18. The summed E-state index contributed by atoms with van der Waals surface area (Å²) in [6.45, 7) is 3.55. The summed E-state index contributed by atoms with van der Waals surface area (Å²) in [5.74, 6) is 0.429. The first-order valence-corrected chi connectivity index (χ1v) is 3.50. The molecule has 0 N–H and O–H groups in total. The second-order valence-electron chi connectivity index (χ2n) is 2.57. The van der Waals surface area contributed by atoms with Crippen LogP contribution in [0.1, 0.15) is 13.8 Å². The fourth-order valence-electron chi connectivity index (χ4n) is 0.997. The summed E-state index contributed by atoms with van der Waals surface area (Å²) in [6, 6.07) is 0. The van der Waals surface area contributed by atoms with Crippen molar-refractivity contribution in [2.45, 2.75) is 13.8 Å². The minimum absolute atomic E-state index is 0.0943. The van der Waals surface area contributed by atoms with Crippen molar-refractivity contribution in [3.8, 4) is 0 Å². The monoisotopic (exact) mass is 153 g/mol. The van der Waals surface area contributed by atoms with E-state index in [0.29, 0.717) is 11.5 Å². The summed E-state index contributed by atoms with van der Waals surface area (Å²) in [5.41, 5.74) is 0.613. The number of methoxy groups -OCH3 is 1. The number of hydrogen-bond donors (Lipinski definition) is 0. The maximum Gasteiger partial charge on any atom is 0.219 e. The predicted molar refractivity (Wildman–Crippen MR) is 42.4 cm³/mol. The Bertz CT molecular complexity index is 240. The first kappa shape index (κ1) is 7.98. The van der Waals surface area contributed by atoms with Crippen LogP contribution in [0.3, 0.4) is 0 Å². The molecule has 1 rings (SSSR count). The van der Waals surface area contributed by atoms with Crippen LogP contribution in [0.25, 0.3) is 0 Å². The van der Waals surface area contributed by atoms with Crippen molar-refractivity contribution >= 4 is 12.0 Å². The van der Waals surface area contributed by atoms with Gasteiger partial charge >= 0.3 is 0 Å². The smallest absolute Gasteiger partial charge is 0.219 e. The molecule has 0 amide bonds. The van der Waals surface area contributed by atoms with Crippen LogP contribution < -0.4 is 0 Å². The molecule has 1 aliphatic heterocycles. The highest BCUT2D eigenvalue weighted by atomic mass is 16.5. The maximum atomic E-state index is 11.3. The molecule has 1 aliphatic rings. The molecule has 0 aromatic carbocycles. The third kappa shape index (κ3) is 1.31. The van der Waals surface area contributed by atoms with Gasteiger partial charge in [-0.1, -0.05) is 6.92 Å². The number of carbonyl (C=O) groups excluding carboxylic acids is 1. The van der Waals surface area contributed by atoms with Gasteiger partial charge in [0, 0.05) is 6.21 Å².